The highest BCUT2D eigenvalue weighted by atomic mass is 127. The molecule has 0 radical (unpaired) electrons. The van der Waals surface area contributed by atoms with E-state index in [9.17, 15) is 0 Å². The van der Waals surface area contributed by atoms with Crippen LogP contribution in [0.1, 0.15) is 26.2 Å². The van der Waals surface area contributed by atoms with E-state index in [1.54, 1.807) is 11.3 Å². The zero-order valence-electron chi connectivity index (χ0n) is 12.2. The molecular formula is C14H23IN4S2. The molecule has 0 spiro atoms. The first-order valence-electron chi connectivity index (χ1n) is 7.10. The van der Waals surface area contributed by atoms with E-state index in [1.165, 1.54) is 0 Å². The predicted octanol–water partition coefficient (Wildman–Crippen LogP) is 3.52. The molecule has 1 aliphatic rings. The van der Waals surface area contributed by atoms with Gasteiger partial charge < -0.3 is 10.6 Å². The van der Waals surface area contributed by atoms with Crippen LogP contribution in [0.2, 0.25) is 0 Å². The normalized spacial score (nSPS) is 15.0. The van der Waals surface area contributed by atoms with Crippen LogP contribution in [0.4, 0.5) is 0 Å². The SMILES string of the molecule is CCNC(=NCCCSc1nccs1)NC1CC=CC1.I. The monoisotopic (exact) mass is 438 g/mol. The number of thioether (sulfide) groups is 1. The van der Waals surface area contributed by atoms with E-state index >= 15 is 0 Å². The Kier molecular flexibility index (Phi) is 10.1. The van der Waals surface area contributed by atoms with Crippen LogP contribution in [0.3, 0.4) is 0 Å². The average Bonchev–Trinajstić information content (AvgIpc) is 3.11. The highest BCUT2D eigenvalue weighted by Gasteiger charge is 2.11. The van der Waals surface area contributed by atoms with E-state index in [1.807, 2.05) is 23.3 Å². The first-order valence-corrected chi connectivity index (χ1v) is 8.97. The Hall–Kier alpha value is -0.280. The molecule has 2 N–H and O–H groups in total. The Morgan fingerprint density at radius 2 is 2.29 bits per heavy atom. The van der Waals surface area contributed by atoms with Crippen molar-refractivity contribution in [3.8, 4) is 0 Å². The number of nitrogens with one attached hydrogen (secondary N) is 2. The van der Waals surface area contributed by atoms with Gasteiger partial charge in [-0.25, -0.2) is 4.98 Å². The molecule has 1 aliphatic carbocycles. The number of nitrogens with zero attached hydrogens (tertiary/aromatic N) is 2. The third-order valence-corrected chi connectivity index (χ3v) is 4.95. The summed E-state index contributed by atoms with van der Waals surface area (Å²) in [6.45, 7) is 3.86. The minimum atomic E-state index is 0. The van der Waals surface area contributed by atoms with E-state index in [0.29, 0.717) is 6.04 Å². The third-order valence-electron chi connectivity index (χ3n) is 2.90. The smallest absolute Gasteiger partial charge is 0.191 e. The Morgan fingerprint density at radius 3 is 2.95 bits per heavy atom. The summed E-state index contributed by atoms with van der Waals surface area (Å²) < 4.78 is 1.15. The van der Waals surface area contributed by atoms with Crippen LogP contribution < -0.4 is 10.6 Å². The van der Waals surface area contributed by atoms with Gasteiger partial charge in [0.2, 0.25) is 0 Å². The Bertz CT molecular complexity index is 426. The summed E-state index contributed by atoms with van der Waals surface area (Å²) in [5, 5.41) is 8.81. The Labute approximate surface area is 152 Å². The molecule has 0 aliphatic heterocycles. The third kappa shape index (κ3) is 7.51. The summed E-state index contributed by atoms with van der Waals surface area (Å²) >= 11 is 3.51. The van der Waals surface area contributed by atoms with Gasteiger partial charge in [0.15, 0.2) is 5.96 Å². The van der Waals surface area contributed by atoms with Gasteiger partial charge in [0.05, 0.1) is 0 Å². The zero-order valence-corrected chi connectivity index (χ0v) is 16.2. The minimum Gasteiger partial charge on any atom is -0.357 e. The van der Waals surface area contributed by atoms with Crippen molar-refractivity contribution in [2.24, 2.45) is 4.99 Å². The molecule has 0 fully saturated rings. The Morgan fingerprint density at radius 1 is 1.48 bits per heavy atom. The maximum atomic E-state index is 4.63. The summed E-state index contributed by atoms with van der Waals surface area (Å²) in [4.78, 5) is 8.89. The quantitative estimate of drug-likeness (QED) is 0.171. The molecule has 4 nitrogen and oxygen atoms in total. The number of thiazole rings is 1. The summed E-state index contributed by atoms with van der Waals surface area (Å²) in [6.07, 6.45) is 9.59. The van der Waals surface area contributed by atoms with Gasteiger partial charge in [-0.05, 0) is 26.2 Å². The fraction of sp³-hybridized carbons (Fsp3) is 0.571. The van der Waals surface area contributed by atoms with Crippen LogP contribution in [-0.2, 0) is 0 Å². The first kappa shape index (κ1) is 18.8. The van der Waals surface area contributed by atoms with Gasteiger partial charge in [-0.2, -0.15) is 0 Å². The molecule has 0 saturated heterocycles. The van der Waals surface area contributed by atoms with Gasteiger partial charge in [-0.3, -0.25) is 4.99 Å². The second kappa shape index (κ2) is 11.3. The first-order chi connectivity index (χ1) is 9.88. The molecule has 0 aromatic carbocycles. The largest absolute Gasteiger partial charge is 0.357 e. The van der Waals surface area contributed by atoms with Gasteiger partial charge in [0, 0.05) is 36.5 Å². The van der Waals surface area contributed by atoms with Crippen molar-refractivity contribution in [2.45, 2.75) is 36.6 Å². The molecule has 1 heterocycles. The predicted molar refractivity (Wildman–Crippen MR) is 104 cm³/mol. The van der Waals surface area contributed by atoms with E-state index in [0.717, 1.165) is 48.4 Å². The molecule has 0 bridgehead atoms. The fourth-order valence-electron chi connectivity index (χ4n) is 1.94. The number of hydrogen-bond donors (Lipinski definition) is 2. The standard InChI is InChI=1S/C14H22N4S2.HI/c1-2-15-13(18-12-6-3-4-7-12)16-8-5-10-19-14-17-9-11-20-14;/h3-4,9,11-12H,2,5-8,10H2,1H3,(H2,15,16,18);1H. The van der Waals surface area contributed by atoms with Crippen LogP contribution in [-0.4, -0.2) is 35.8 Å². The van der Waals surface area contributed by atoms with Crippen LogP contribution in [0.5, 0.6) is 0 Å². The van der Waals surface area contributed by atoms with Crippen molar-refractivity contribution >= 4 is 53.0 Å². The number of guanidine groups is 1. The molecule has 1 aromatic heterocycles. The fourth-order valence-corrected chi connectivity index (χ4v) is 3.58. The molecule has 1 aromatic rings. The van der Waals surface area contributed by atoms with Crippen molar-refractivity contribution in [1.82, 2.24) is 15.6 Å². The summed E-state index contributed by atoms with van der Waals surface area (Å²) in [6, 6.07) is 0.512. The lowest BCUT2D eigenvalue weighted by Crippen LogP contribution is -2.42. The van der Waals surface area contributed by atoms with Gasteiger partial charge >= 0.3 is 0 Å². The number of aliphatic imine (C=N–C) groups is 1. The van der Waals surface area contributed by atoms with Gasteiger partial charge in [-0.15, -0.1) is 35.3 Å². The van der Waals surface area contributed by atoms with Crippen molar-refractivity contribution in [2.75, 3.05) is 18.8 Å². The zero-order chi connectivity index (χ0) is 14.0. The van der Waals surface area contributed by atoms with E-state index in [2.05, 4.69) is 39.7 Å². The van der Waals surface area contributed by atoms with Gasteiger partial charge in [0.25, 0.3) is 0 Å². The molecule has 0 saturated carbocycles. The average molecular weight is 438 g/mol. The minimum absolute atomic E-state index is 0. The van der Waals surface area contributed by atoms with E-state index in [-0.39, 0.29) is 24.0 Å². The number of hydrogen-bond acceptors (Lipinski definition) is 4. The lowest BCUT2D eigenvalue weighted by Gasteiger charge is -2.16. The van der Waals surface area contributed by atoms with E-state index < -0.39 is 0 Å². The summed E-state index contributed by atoms with van der Waals surface area (Å²) in [7, 11) is 0. The maximum Gasteiger partial charge on any atom is 0.191 e. The van der Waals surface area contributed by atoms with Crippen LogP contribution in [0, 0.1) is 0 Å². The highest BCUT2D eigenvalue weighted by Crippen LogP contribution is 2.20. The summed E-state index contributed by atoms with van der Waals surface area (Å²) in [5.74, 6) is 2.02. The topological polar surface area (TPSA) is 49.3 Å². The molecule has 7 heteroatoms. The van der Waals surface area contributed by atoms with Crippen LogP contribution in [0.25, 0.3) is 0 Å². The van der Waals surface area contributed by atoms with Gasteiger partial charge in [0.1, 0.15) is 4.34 Å². The second-order valence-electron chi connectivity index (χ2n) is 4.54. The van der Waals surface area contributed by atoms with Crippen molar-refractivity contribution in [3.05, 3.63) is 23.7 Å². The Balaban J connectivity index is 0.00000220. The summed E-state index contributed by atoms with van der Waals surface area (Å²) in [5.41, 5.74) is 0. The van der Waals surface area contributed by atoms with Gasteiger partial charge in [-0.1, -0.05) is 23.9 Å². The van der Waals surface area contributed by atoms with Crippen LogP contribution in [0.15, 0.2) is 33.1 Å². The van der Waals surface area contributed by atoms with E-state index in [4.69, 9.17) is 0 Å². The molecule has 0 unspecified atom stereocenters. The van der Waals surface area contributed by atoms with Crippen LogP contribution >= 0.6 is 47.1 Å². The van der Waals surface area contributed by atoms with Crippen molar-refractivity contribution in [1.29, 1.82) is 0 Å². The molecule has 21 heavy (non-hydrogen) atoms. The van der Waals surface area contributed by atoms with Crippen molar-refractivity contribution in [3.63, 3.8) is 0 Å². The lowest BCUT2D eigenvalue weighted by molar-refractivity contribution is 0.633. The number of rotatable bonds is 7. The maximum absolute atomic E-state index is 4.63. The molecular weight excluding hydrogens is 415 g/mol. The number of aromatic nitrogens is 1. The molecule has 2 rings (SSSR count). The lowest BCUT2D eigenvalue weighted by atomic mass is 10.2. The molecule has 118 valence electrons. The van der Waals surface area contributed by atoms with Crippen molar-refractivity contribution < 1.29 is 0 Å². The highest BCUT2D eigenvalue weighted by molar-refractivity contribution is 14.0. The second-order valence-corrected chi connectivity index (χ2v) is 6.78. The number of halogens is 1. The molecule has 0 amide bonds. The molecule has 0 atom stereocenters.